The first-order valence-corrected chi connectivity index (χ1v) is 4.96. The number of carbonyl (C=O) groups is 1. The van der Waals surface area contributed by atoms with Crippen molar-refractivity contribution >= 4 is 18.5 Å². The van der Waals surface area contributed by atoms with E-state index in [-0.39, 0.29) is 25.3 Å². The van der Waals surface area contributed by atoms with Gasteiger partial charge in [0.2, 0.25) is 5.91 Å². The fourth-order valence-electron chi connectivity index (χ4n) is 0.810. The monoisotopic (exact) mass is 207 g/mol. The van der Waals surface area contributed by atoms with Gasteiger partial charge in [0.15, 0.2) is 0 Å². The van der Waals surface area contributed by atoms with Gasteiger partial charge in [-0.1, -0.05) is 0 Å². The molecule has 13 heavy (non-hydrogen) atoms. The molecule has 0 fully saturated rings. The van der Waals surface area contributed by atoms with E-state index in [9.17, 15) is 4.79 Å². The van der Waals surface area contributed by atoms with E-state index < -0.39 is 0 Å². The Morgan fingerprint density at radius 2 is 2.38 bits per heavy atom. The molecule has 0 aromatic heterocycles. The van der Waals surface area contributed by atoms with Crippen LogP contribution in [0.15, 0.2) is 0 Å². The van der Waals surface area contributed by atoms with Gasteiger partial charge in [0.25, 0.3) is 0 Å². The third kappa shape index (κ3) is 8.08. The van der Waals surface area contributed by atoms with Gasteiger partial charge < -0.3 is 15.2 Å². The standard InChI is InChI=1S/C8H17NO3S/c1-7(12-5-4-10)9-8(11)3-2-6-13/h7,10,13H,2-6H2,1H3,(H,9,11). The molecule has 0 saturated heterocycles. The lowest BCUT2D eigenvalue weighted by atomic mass is 10.3. The molecule has 78 valence electrons. The Labute approximate surface area is 84.1 Å². The van der Waals surface area contributed by atoms with Crippen LogP contribution < -0.4 is 5.32 Å². The highest BCUT2D eigenvalue weighted by molar-refractivity contribution is 7.80. The number of rotatable bonds is 7. The summed E-state index contributed by atoms with van der Waals surface area (Å²) in [7, 11) is 0. The average Bonchev–Trinajstić information content (AvgIpc) is 2.11. The van der Waals surface area contributed by atoms with Crippen molar-refractivity contribution in [1.29, 1.82) is 0 Å². The Balaban J connectivity index is 3.41. The number of amides is 1. The van der Waals surface area contributed by atoms with Crippen molar-refractivity contribution in [3.63, 3.8) is 0 Å². The van der Waals surface area contributed by atoms with Crippen molar-refractivity contribution in [2.24, 2.45) is 0 Å². The van der Waals surface area contributed by atoms with E-state index in [1.165, 1.54) is 0 Å². The van der Waals surface area contributed by atoms with Gasteiger partial charge in [-0.3, -0.25) is 4.79 Å². The van der Waals surface area contributed by atoms with Crippen molar-refractivity contribution in [2.45, 2.75) is 26.0 Å². The van der Waals surface area contributed by atoms with E-state index >= 15 is 0 Å². The highest BCUT2D eigenvalue weighted by atomic mass is 32.1. The topological polar surface area (TPSA) is 58.6 Å². The molecule has 2 N–H and O–H groups in total. The number of aliphatic hydroxyl groups excluding tert-OH is 1. The first-order valence-electron chi connectivity index (χ1n) is 4.33. The van der Waals surface area contributed by atoms with Gasteiger partial charge >= 0.3 is 0 Å². The third-order valence-corrected chi connectivity index (χ3v) is 1.70. The third-order valence-electron chi connectivity index (χ3n) is 1.39. The van der Waals surface area contributed by atoms with E-state index in [0.29, 0.717) is 12.2 Å². The Morgan fingerprint density at radius 1 is 1.69 bits per heavy atom. The van der Waals surface area contributed by atoms with Crippen LogP contribution in [0.4, 0.5) is 0 Å². The number of hydrogen-bond donors (Lipinski definition) is 3. The summed E-state index contributed by atoms with van der Waals surface area (Å²) < 4.78 is 5.04. The summed E-state index contributed by atoms with van der Waals surface area (Å²) in [5, 5.41) is 11.1. The molecule has 0 radical (unpaired) electrons. The minimum Gasteiger partial charge on any atom is -0.394 e. The van der Waals surface area contributed by atoms with Crippen LogP contribution in [0.5, 0.6) is 0 Å². The fourth-order valence-corrected chi connectivity index (χ4v) is 0.968. The van der Waals surface area contributed by atoms with E-state index in [4.69, 9.17) is 9.84 Å². The first kappa shape index (κ1) is 12.7. The lowest BCUT2D eigenvalue weighted by molar-refractivity contribution is -0.125. The second kappa shape index (κ2) is 8.34. The molecule has 1 amide bonds. The molecule has 1 unspecified atom stereocenters. The Kier molecular flexibility index (Phi) is 8.18. The molecule has 0 aliphatic rings. The summed E-state index contributed by atoms with van der Waals surface area (Å²) in [6.07, 6.45) is 0.900. The SMILES string of the molecule is CC(NC(=O)CCCS)OCCO. The lowest BCUT2D eigenvalue weighted by Gasteiger charge is -2.13. The molecule has 5 heteroatoms. The van der Waals surface area contributed by atoms with Crippen molar-refractivity contribution in [2.75, 3.05) is 19.0 Å². The number of ether oxygens (including phenoxy) is 1. The van der Waals surface area contributed by atoms with Crippen LogP contribution in [0.1, 0.15) is 19.8 Å². The molecular weight excluding hydrogens is 190 g/mol. The Morgan fingerprint density at radius 3 is 2.92 bits per heavy atom. The molecule has 0 aliphatic carbocycles. The van der Waals surface area contributed by atoms with Crippen LogP contribution in [-0.2, 0) is 9.53 Å². The van der Waals surface area contributed by atoms with Crippen molar-refractivity contribution in [3.05, 3.63) is 0 Å². The molecule has 0 saturated carbocycles. The van der Waals surface area contributed by atoms with E-state index in [2.05, 4.69) is 17.9 Å². The first-order chi connectivity index (χ1) is 6.20. The van der Waals surface area contributed by atoms with Crippen LogP contribution in [0.3, 0.4) is 0 Å². The number of aliphatic hydroxyl groups is 1. The van der Waals surface area contributed by atoms with E-state index in [1.807, 2.05) is 0 Å². The molecule has 0 aromatic carbocycles. The van der Waals surface area contributed by atoms with Gasteiger partial charge in [0.1, 0.15) is 6.23 Å². The van der Waals surface area contributed by atoms with Crippen LogP contribution in [-0.4, -0.2) is 36.2 Å². The van der Waals surface area contributed by atoms with Gasteiger partial charge in [0.05, 0.1) is 13.2 Å². The van der Waals surface area contributed by atoms with Crippen LogP contribution in [0.25, 0.3) is 0 Å². The van der Waals surface area contributed by atoms with Crippen molar-refractivity contribution < 1.29 is 14.6 Å². The predicted octanol–water partition coefficient (Wildman–Crippen LogP) is 0.168. The molecule has 1 atom stereocenters. The summed E-state index contributed by atoms with van der Waals surface area (Å²) in [6, 6.07) is 0. The van der Waals surface area contributed by atoms with Crippen molar-refractivity contribution in [3.8, 4) is 0 Å². The van der Waals surface area contributed by atoms with E-state index in [1.54, 1.807) is 6.92 Å². The van der Waals surface area contributed by atoms with Gasteiger partial charge in [-0.15, -0.1) is 0 Å². The molecule has 0 spiro atoms. The number of hydrogen-bond acceptors (Lipinski definition) is 4. The molecule has 0 rings (SSSR count). The second-order valence-electron chi connectivity index (χ2n) is 2.63. The summed E-state index contributed by atoms with van der Waals surface area (Å²) in [5.74, 6) is 0.665. The van der Waals surface area contributed by atoms with Gasteiger partial charge in [-0.05, 0) is 19.1 Å². The normalized spacial score (nSPS) is 12.5. The highest BCUT2D eigenvalue weighted by Gasteiger charge is 2.05. The number of carbonyl (C=O) groups excluding carboxylic acids is 1. The lowest BCUT2D eigenvalue weighted by Crippen LogP contribution is -2.35. The quantitative estimate of drug-likeness (QED) is 0.412. The minimum absolute atomic E-state index is 0.0309. The zero-order valence-corrected chi connectivity index (χ0v) is 8.72. The summed E-state index contributed by atoms with van der Waals surface area (Å²) in [6.45, 7) is 1.94. The maximum absolute atomic E-state index is 11.1. The zero-order valence-electron chi connectivity index (χ0n) is 7.82. The summed E-state index contributed by atoms with van der Waals surface area (Å²) in [4.78, 5) is 11.1. The van der Waals surface area contributed by atoms with Crippen LogP contribution in [0.2, 0.25) is 0 Å². The van der Waals surface area contributed by atoms with Crippen LogP contribution >= 0.6 is 12.6 Å². The highest BCUT2D eigenvalue weighted by Crippen LogP contribution is 1.93. The number of thiol groups is 1. The number of nitrogens with one attached hydrogen (secondary N) is 1. The molecule has 0 aliphatic heterocycles. The Bertz CT molecular complexity index is 143. The minimum atomic E-state index is -0.334. The summed E-state index contributed by atoms with van der Waals surface area (Å²) >= 11 is 4.00. The molecular formula is C8H17NO3S. The van der Waals surface area contributed by atoms with Gasteiger partial charge in [-0.25, -0.2) is 0 Å². The molecule has 0 heterocycles. The molecule has 4 nitrogen and oxygen atoms in total. The predicted molar refractivity (Wildman–Crippen MR) is 53.7 cm³/mol. The molecule has 0 aromatic rings. The van der Waals surface area contributed by atoms with Crippen LogP contribution in [0, 0.1) is 0 Å². The average molecular weight is 207 g/mol. The second-order valence-corrected chi connectivity index (χ2v) is 3.08. The smallest absolute Gasteiger partial charge is 0.221 e. The van der Waals surface area contributed by atoms with Gasteiger partial charge in [-0.2, -0.15) is 12.6 Å². The van der Waals surface area contributed by atoms with E-state index in [0.717, 1.165) is 6.42 Å². The fraction of sp³-hybridized carbons (Fsp3) is 0.875. The van der Waals surface area contributed by atoms with Gasteiger partial charge in [0, 0.05) is 6.42 Å². The molecule has 0 bridgehead atoms. The zero-order chi connectivity index (χ0) is 10.1. The maximum atomic E-state index is 11.1. The van der Waals surface area contributed by atoms with Crippen molar-refractivity contribution in [1.82, 2.24) is 5.32 Å². The maximum Gasteiger partial charge on any atom is 0.221 e. The summed E-state index contributed by atoms with van der Waals surface area (Å²) in [5.41, 5.74) is 0. The largest absolute Gasteiger partial charge is 0.394 e. The Hall–Kier alpha value is -0.260.